The van der Waals surface area contributed by atoms with Gasteiger partial charge in [0, 0.05) is 6.04 Å². The molecule has 1 heterocycles. The van der Waals surface area contributed by atoms with Gasteiger partial charge in [-0.2, -0.15) is 0 Å². The van der Waals surface area contributed by atoms with Crippen LogP contribution in [0.1, 0.15) is 33.7 Å². The number of nitrogens with zero attached hydrogens (tertiary/aromatic N) is 3. The van der Waals surface area contributed by atoms with Crippen LogP contribution in [0.3, 0.4) is 0 Å². The summed E-state index contributed by atoms with van der Waals surface area (Å²) in [5, 5.41) is 19.9. The van der Waals surface area contributed by atoms with Gasteiger partial charge < -0.3 is 15.0 Å². The fourth-order valence-electron chi connectivity index (χ4n) is 1.55. The lowest BCUT2D eigenvalue weighted by atomic mass is 10.1. The number of thioether (sulfide) groups is 1. The molecule has 7 nitrogen and oxygen atoms in total. The van der Waals surface area contributed by atoms with Crippen LogP contribution >= 0.6 is 11.8 Å². The third kappa shape index (κ3) is 4.52. The third-order valence-corrected chi connectivity index (χ3v) is 3.64. The van der Waals surface area contributed by atoms with Crippen molar-refractivity contribution in [2.45, 2.75) is 44.9 Å². The van der Waals surface area contributed by atoms with Crippen LogP contribution in [0.4, 0.5) is 0 Å². The first-order valence-corrected chi connectivity index (χ1v) is 7.36. The van der Waals surface area contributed by atoms with Gasteiger partial charge in [0.25, 0.3) is 0 Å². The zero-order valence-corrected chi connectivity index (χ0v) is 12.8. The van der Waals surface area contributed by atoms with Crippen molar-refractivity contribution in [3.8, 4) is 0 Å². The van der Waals surface area contributed by atoms with Crippen molar-refractivity contribution < 1.29 is 14.7 Å². The van der Waals surface area contributed by atoms with E-state index in [1.165, 1.54) is 11.8 Å². The molecule has 0 saturated carbocycles. The SMILES string of the molecule is CC(C)C(NC(=O)CSc1nncn1C(C)C)C(=O)O. The number of carboxylic acids is 1. The molecule has 1 aromatic heterocycles. The molecule has 1 atom stereocenters. The number of carbonyl (C=O) groups is 2. The first-order valence-electron chi connectivity index (χ1n) is 6.37. The number of hydrogen-bond acceptors (Lipinski definition) is 5. The maximum absolute atomic E-state index is 11.8. The van der Waals surface area contributed by atoms with Crippen molar-refractivity contribution >= 4 is 23.6 Å². The molecular weight excluding hydrogens is 280 g/mol. The lowest BCUT2D eigenvalue weighted by molar-refractivity contribution is -0.142. The topological polar surface area (TPSA) is 97.1 Å². The summed E-state index contributed by atoms with van der Waals surface area (Å²) < 4.78 is 1.86. The summed E-state index contributed by atoms with van der Waals surface area (Å²) in [7, 11) is 0. The quantitative estimate of drug-likeness (QED) is 0.734. The Morgan fingerprint density at radius 1 is 1.40 bits per heavy atom. The molecular formula is C12H20N4O3S. The lowest BCUT2D eigenvalue weighted by Crippen LogP contribution is -2.45. The molecule has 20 heavy (non-hydrogen) atoms. The Hall–Kier alpha value is -1.57. The molecule has 1 rings (SSSR count). The van der Waals surface area contributed by atoms with Crippen molar-refractivity contribution in [2.24, 2.45) is 5.92 Å². The Balaban J connectivity index is 2.55. The van der Waals surface area contributed by atoms with Gasteiger partial charge in [-0.1, -0.05) is 25.6 Å². The van der Waals surface area contributed by atoms with E-state index in [2.05, 4.69) is 15.5 Å². The van der Waals surface area contributed by atoms with E-state index in [-0.39, 0.29) is 23.6 Å². The number of amides is 1. The number of nitrogens with one attached hydrogen (secondary N) is 1. The van der Waals surface area contributed by atoms with Crippen LogP contribution < -0.4 is 5.32 Å². The Labute approximate surface area is 122 Å². The normalized spacial score (nSPS) is 12.7. The van der Waals surface area contributed by atoms with E-state index in [9.17, 15) is 9.59 Å². The number of carbonyl (C=O) groups excluding carboxylic acids is 1. The fraction of sp³-hybridized carbons (Fsp3) is 0.667. The van der Waals surface area contributed by atoms with E-state index in [1.807, 2.05) is 18.4 Å². The maximum Gasteiger partial charge on any atom is 0.326 e. The molecule has 0 spiro atoms. The van der Waals surface area contributed by atoms with Gasteiger partial charge in [-0.25, -0.2) is 4.79 Å². The third-order valence-electron chi connectivity index (χ3n) is 2.68. The Morgan fingerprint density at radius 3 is 2.55 bits per heavy atom. The standard InChI is InChI=1S/C12H20N4O3S/c1-7(2)10(11(18)19)14-9(17)5-20-12-15-13-6-16(12)8(3)4/h6-8,10H,5H2,1-4H3,(H,14,17)(H,18,19). The monoisotopic (exact) mass is 300 g/mol. The van der Waals surface area contributed by atoms with Gasteiger partial charge in [0.2, 0.25) is 5.91 Å². The van der Waals surface area contributed by atoms with E-state index < -0.39 is 12.0 Å². The first kappa shape index (κ1) is 16.5. The van der Waals surface area contributed by atoms with Crippen LogP contribution in [0, 0.1) is 5.92 Å². The average molecular weight is 300 g/mol. The summed E-state index contributed by atoms with van der Waals surface area (Å²) in [6.07, 6.45) is 1.61. The molecule has 0 radical (unpaired) electrons. The highest BCUT2D eigenvalue weighted by molar-refractivity contribution is 7.99. The van der Waals surface area contributed by atoms with Gasteiger partial charge in [0.1, 0.15) is 12.4 Å². The second-order valence-corrected chi connectivity index (χ2v) is 5.97. The van der Waals surface area contributed by atoms with Crippen LogP contribution in [-0.4, -0.2) is 43.5 Å². The molecule has 8 heteroatoms. The maximum atomic E-state index is 11.8. The number of carboxylic acid groups (broad SMARTS) is 1. The molecule has 0 aliphatic carbocycles. The molecule has 0 saturated heterocycles. The van der Waals surface area contributed by atoms with E-state index in [0.29, 0.717) is 5.16 Å². The van der Waals surface area contributed by atoms with Crippen molar-refractivity contribution in [1.29, 1.82) is 0 Å². The molecule has 112 valence electrons. The predicted octanol–water partition coefficient (Wildman–Crippen LogP) is 1.18. The van der Waals surface area contributed by atoms with E-state index in [1.54, 1.807) is 20.2 Å². The number of aromatic nitrogens is 3. The summed E-state index contributed by atoms with van der Waals surface area (Å²) in [6, 6.07) is -0.663. The highest BCUT2D eigenvalue weighted by atomic mass is 32.2. The molecule has 0 aliphatic rings. The van der Waals surface area contributed by atoms with E-state index >= 15 is 0 Å². The summed E-state index contributed by atoms with van der Waals surface area (Å²) in [5.41, 5.74) is 0. The Morgan fingerprint density at radius 2 is 2.05 bits per heavy atom. The van der Waals surface area contributed by atoms with Crippen LogP contribution in [0.5, 0.6) is 0 Å². The van der Waals surface area contributed by atoms with E-state index in [0.717, 1.165) is 0 Å². The highest BCUT2D eigenvalue weighted by Crippen LogP contribution is 2.18. The number of aliphatic carboxylic acids is 1. The van der Waals surface area contributed by atoms with Gasteiger partial charge in [0.05, 0.1) is 5.75 Å². The summed E-state index contributed by atoms with van der Waals surface area (Å²) >= 11 is 1.24. The first-order chi connectivity index (χ1) is 9.32. The van der Waals surface area contributed by atoms with Gasteiger partial charge in [-0.15, -0.1) is 10.2 Å². The molecule has 1 unspecified atom stereocenters. The summed E-state index contributed by atoms with van der Waals surface area (Å²) in [5.74, 6) is -1.40. The fourth-order valence-corrected chi connectivity index (χ4v) is 2.40. The Bertz CT molecular complexity index is 473. The van der Waals surface area contributed by atoms with E-state index in [4.69, 9.17) is 5.11 Å². The smallest absolute Gasteiger partial charge is 0.326 e. The summed E-state index contributed by atoms with van der Waals surface area (Å²) in [6.45, 7) is 7.49. The zero-order valence-electron chi connectivity index (χ0n) is 12.0. The zero-order chi connectivity index (χ0) is 15.3. The minimum atomic E-state index is -1.02. The van der Waals surface area contributed by atoms with Crippen molar-refractivity contribution in [3.05, 3.63) is 6.33 Å². The van der Waals surface area contributed by atoms with Crippen LogP contribution in [-0.2, 0) is 9.59 Å². The largest absolute Gasteiger partial charge is 0.480 e. The minimum Gasteiger partial charge on any atom is -0.480 e. The van der Waals surface area contributed by atoms with Gasteiger partial charge in [0.15, 0.2) is 5.16 Å². The molecule has 0 fully saturated rings. The van der Waals surface area contributed by atoms with Crippen molar-refractivity contribution in [2.75, 3.05) is 5.75 Å². The molecule has 1 amide bonds. The molecule has 1 aromatic rings. The number of hydrogen-bond donors (Lipinski definition) is 2. The summed E-state index contributed by atoms with van der Waals surface area (Å²) in [4.78, 5) is 22.8. The van der Waals surface area contributed by atoms with Crippen LogP contribution in [0.25, 0.3) is 0 Å². The molecule has 2 N–H and O–H groups in total. The highest BCUT2D eigenvalue weighted by Gasteiger charge is 2.23. The predicted molar refractivity (Wildman–Crippen MR) is 75.5 cm³/mol. The second-order valence-electron chi connectivity index (χ2n) is 5.03. The minimum absolute atomic E-state index is 0.113. The van der Waals surface area contributed by atoms with Gasteiger partial charge >= 0.3 is 5.97 Å². The van der Waals surface area contributed by atoms with Crippen LogP contribution in [0.2, 0.25) is 0 Å². The van der Waals surface area contributed by atoms with Gasteiger partial charge in [-0.05, 0) is 19.8 Å². The Kier molecular flexibility index (Phi) is 6.00. The van der Waals surface area contributed by atoms with Crippen LogP contribution in [0.15, 0.2) is 11.5 Å². The molecule has 0 aromatic carbocycles. The average Bonchev–Trinajstić information content (AvgIpc) is 2.81. The molecule has 0 bridgehead atoms. The number of rotatable bonds is 7. The second kappa shape index (κ2) is 7.28. The van der Waals surface area contributed by atoms with Crippen molar-refractivity contribution in [3.63, 3.8) is 0 Å². The molecule has 0 aliphatic heterocycles. The lowest BCUT2D eigenvalue weighted by Gasteiger charge is -2.17. The van der Waals surface area contributed by atoms with Gasteiger partial charge in [-0.3, -0.25) is 4.79 Å². The van der Waals surface area contributed by atoms with Crippen molar-refractivity contribution in [1.82, 2.24) is 20.1 Å².